The number of ether oxygens (including phenoxy) is 1. The van der Waals surface area contributed by atoms with Gasteiger partial charge in [-0.15, -0.1) is 0 Å². The third kappa shape index (κ3) is 8.69. The molecule has 4 heterocycles. The van der Waals surface area contributed by atoms with Crippen LogP contribution in [-0.4, -0.2) is 92.8 Å². The van der Waals surface area contributed by atoms with Crippen molar-refractivity contribution in [2.45, 2.75) is 50.7 Å². The maximum Gasteiger partial charge on any atom is 0.326 e. The summed E-state index contributed by atoms with van der Waals surface area (Å²) in [6.07, 6.45) is 8.63. The molecule has 11 nitrogen and oxygen atoms in total. The highest BCUT2D eigenvalue weighted by molar-refractivity contribution is 5.76. The molecule has 0 radical (unpaired) electrons. The van der Waals surface area contributed by atoms with Crippen LogP contribution in [0.2, 0.25) is 0 Å². The minimum Gasteiger partial charge on any atom is -0.480 e. The molecule has 3 aromatic rings. The van der Waals surface area contributed by atoms with Gasteiger partial charge in [-0.3, -0.25) is 0 Å². The lowest BCUT2D eigenvalue weighted by molar-refractivity contribution is -0.138. The topological polar surface area (TPSA) is 130 Å². The lowest BCUT2D eigenvalue weighted by Gasteiger charge is -2.26. The van der Waals surface area contributed by atoms with Crippen molar-refractivity contribution in [3.8, 4) is 5.82 Å². The molecule has 1 unspecified atom stereocenters. The molecule has 210 valence electrons. The van der Waals surface area contributed by atoms with Crippen molar-refractivity contribution in [2.24, 2.45) is 0 Å². The third-order valence-electron chi connectivity index (χ3n) is 6.66. The Hall–Kier alpha value is -3.64. The van der Waals surface area contributed by atoms with Gasteiger partial charge in [-0.25, -0.2) is 28.8 Å². The second-order valence-electron chi connectivity index (χ2n) is 9.69. The van der Waals surface area contributed by atoms with E-state index in [4.69, 9.17) is 9.72 Å². The molecular weight excluding hydrogens is 503 g/mol. The van der Waals surface area contributed by atoms with E-state index in [0.29, 0.717) is 24.7 Å². The molecule has 3 aromatic heterocycles. The molecule has 0 aromatic carbocycles. The second kappa shape index (κ2) is 14.5. The van der Waals surface area contributed by atoms with Crippen molar-refractivity contribution >= 4 is 17.6 Å². The monoisotopic (exact) mass is 540 g/mol. The summed E-state index contributed by atoms with van der Waals surface area (Å²) in [6, 6.07) is 6.75. The van der Waals surface area contributed by atoms with Gasteiger partial charge in [-0.1, -0.05) is 6.07 Å². The van der Waals surface area contributed by atoms with E-state index in [1.54, 1.807) is 29.2 Å². The molecule has 0 aliphatic carbocycles. The second-order valence-corrected chi connectivity index (χ2v) is 9.69. The smallest absolute Gasteiger partial charge is 0.326 e. The number of rotatable bonds is 16. The summed E-state index contributed by atoms with van der Waals surface area (Å²) in [6.45, 7) is 2.19. The zero-order chi connectivity index (χ0) is 27.5. The lowest BCUT2D eigenvalue weighted by Crippen LogP contribution is -2.38. The van der Waals surface area contributed by atoms with E-state index >= 15 is 0 Å². The predicted octanol–water partition coefficient (Wildman–Crippen LogP) is 2.98. The number of alkyl halides is 1. The first-order valence-corrected chi connectivity index (χ1v) is 13.4. The van der Waals surface area contributed by atoms with Crippen LogP contribution in [0.1, 0.15) is 36.9 Å². The SMILES string of the molecule is COC[C@@H](F)CN(CCCCc1ccc2c(n1)NCCC2)CCC(Nc1cc(-n2cccn2)ncn1)C(=O)O. The van der Waals surface area contributed by atoms with E-state index < -0.39 is 18.2 Å². The van der Waals surface area contributed by atoms with Gasteiger partial charge in [0, 0.05) is 50.9 Å². The highest BCUT2D eigenvalue weighted by Gasteiger charge is 2.21. The largest absolute Gasteiger partial charge is 0.480 e. The fourth-order valence-electron chi connectivity index (χ4n) is 4.66. The predicted molar refractivity (Wildman–Crippen MR) is 146 cm³/mol. The number of hydrogen-bond donors (Lipinski definition) is 3. The van der Waals surface area contributed by atoms with Crippen molar-refractivity contribution in [2.75, 3.05) is 50.5 Å². The van der Waals surface area contributed by atoms with Crippen molar-refractivity contribution in [1.29, 1.82) is 0 Å². The van der Waals surface area contributed by atoms with Crippen LogP contribution in [0.3, 0.4) is 0 Å². The van der Waals surface area contributed by atoms with Crippen molar-refractivity contribution in [3.05, 3.63) is 54.2 Å². The van der Waals surface area contributed by atoms with E-state index in [-0.39, 0.29) is 19.6 Å². The number of halogens is 1. The van der Waals surface area contributed by atoms with Gasteiger partial charge in [0.2, 0.25) is 0 Å². The van der Waals surface area contributed by atoms with E-state index in [1.165, 1.54) is 19.0 Å². The Balaban J connectivity index is 1.31. The minimum absolute atomic E-state index is 0.000293. The Morgan fingerprint density at radius 3 is 3.00 bits per heavy atom. The average Bonchev–Trinajstić information content (AvgIpc) is 3.48. The van der Waals surface area contributed by atoms with Crippen LogP contribution in [0, 0.1) is 0 Å². The number of hydrogen-bond acceptors (Lipinski definition) is 9. The minimum atomic E-state index is -1.15. The summed E-state index contributed by atoms with van der Waals surface area (Å²) in [7, 11) is 1.47. The number of carboxylic acids is 1. The van der Waals surface area contributed by atoms with Gasteiger partial charge >= 0.3 is 5.97 Å². The fraction of sp³-hybridized carbons (Fsp3) is 0.519. The first kappa shape index (κ1) is 28.4. The van der Waals surface area contributed by atoms with E-state index in [9.17, 15) is 14.3 Å². The number of unbranched alkanes of at least 4 members (excludes halogenated alkanes) is 1. The molecule has 0 saturated carbocycles. The Labute approximate surface area is 227 Å². The van der Waals surface area contributed by atoms with Crippen molar-refractivity contribution in [3.63, 3.8) is 0 Å². The average molecular weight is 541 g/mol. The van der Waals surface area contributed by atoms with E-state index in [1.807, 2.05) is 4.90 Å². The maximum absolute atomic E-state index is 14.5. The van der Waals surface area contributed by atoms with Gasteiger partial charge < -0.3 is 25.4 Å². The lowest BCUT2D eigenvalue weighted by atomic mass is 10.1. The number of anilines is 2. The van der Waals surface area contributed by atoms with Gasteiger partial charge in [0.15, 0.2) is 5.82 Å². The Bertz CT molecular complexity index is 1180. The maximum atomic E-state index is 14.5. The quantitative estimate of drug-likeness (QED) is 0.233. The highest BCUT2D eigenvalue weighted by Crippen LogP contribution is 2.20. The number of aliphatic carboxylic acids is 1. The summed E-state index contributed by atoms with van der Waals surface area (Å²) >= 11 is 0. The number of nitrogens with one attached hydrogen (secondary N) is 2. The van der Waals surface area contributed by atoms with Crippen LogP contribution in [0.25, 0.3) is 5.82 Å². The molecule has 1 aliphatic rings. The van der Waals surface area contributed by atoms with Crippen LogP contribution in [0.5, 0.6) is 0 Å². The highest BCUT2D eigenvalue weighted by atomic mass is 19.1. The summed E-state index contributed by atoms with van der Waals surface area (Å²) in [5.41, 5.74) is 2.32. The molecule has 0 saturated heterocycles. The first-order valence-electron chi connectivity index (χ1n) is 13.4. The number of nitrogens with zero attached hydrogens (tertiary/aromatic N) is 6. The van der Waals surface area contributed by atoms with Gasteiger partial charge in [-0.05, 0) is 62.8 Å². The Morgan fingerprint density at radius 1 is 1.31 bits per heavy atom. The molecule has 2 atom stereocenters. The Morgan fingerprint density at radius 2 is 2.21 bits per heavy atom. The fourth-order valence-corrected chi connectivity index (χ4v) is 4.66. The molecule has 12 heteroatoms. The van der Waals surface area contributed by atoms with Gasteiger partial charge in [0.05, 0.1) is 6.61 Å². The molecule has 3 N–H and O–H groups in total. The molecule has 4 rings (SSSR count). The van der Waals surface area contributed by atoms with Crippen LogP contribution in [-0.2, 0) is 22.4 Å². The van der Waals surface area contributed by atoms with E-state index in [2.05, 4.69) is 37.8 Å². The van der Waals surface area contributed by atoms with E-state index in [0.717, 1.165) is 50.2 Å². The van der Waals surface area contributed by atoms with Crippen LogP contribution < -0.4 is 10.6 Å². The molecule has 39 heavy (non-hydrogen) atoms. The zero-order valence-corrected chi connectivity index (χ0v) is 22.3. The number of aryl methyl sites for hydroxylation is 2. The Kier molecular flexibility index (Phi) is 10.5. The molecular formula is C27H37FN8O3. The standard InChI is InChI=1S/C27H37FN8O3/c1-39-18-21(28)17-35(13-3-2-7-22-9-8-20-6-4-11-29-26(20)33-22)15-10-23(27(37)38)34-24-16-25(31-19-30-24)36-14-5-12-32-36/h5,8-9,12,14,16,19,21,23H,2-4,6-7,10-11,13,15,17-18H2,1H3,(H,29,33)(H,37,38)(H,30,31,34)/t21-,23?/m0/s1. The molecule has 0 spiro atoms. The zero-order valence-electron chi connectivity index (χ0n) is 22.3. The number of aromatic nitrogens is 5. The molecule has 0 bridgehead atoms. The number of carbonyl (C=O) groups is 1. The van der Waals surface area contributed by atoms with Crippen LogP contribution >= 0.6 is 0 Å². The first-order chi connectivity index (χ1) is 19.0. The summed E-state index contributed by atoms with van der Waals surface area (Å²) in [5.74, 6) is 0.888. The van der Waals surface area contributed by atoms with Crippen LogP contribution in [0.15, 0.2) is 43.0 Å². The van der Waals surface area contributed by atoms with Crippen LogP contribution in [0.4, 0.5) is 16.0 Å². The van der Waals surface area contributed by atoms with Gasteiger partial charge in [0.1, 0.15) is 30.2 Å². The van der Waals surface area contributed by atoms with Gasteiger partial charge in [-0.2, -0.15) is 5.10 Å². The summed E-state index contributed by atoms with van der Waals surface area (Å²) in [4.78, 5) is 27.1. The molecule has 1 aliphatic heterocycles. The third-order valence-corrected chi connectivity index (χ3v) is 6.66. The molecule has 0 amide bonds. The normalized spacial score (nSPS) is 14.4. The van der Waals surface area contributed by atoms with Crippen molar-refractivity contribution < 1.29 is 19.0 Å². The van der Waals surface area contributed by atoms with Gasteiger partial charge in [0.25, 0.3) is 0 Å². The number of pyridine rings is 1. The number of carboxylic acid groups (broad SMARTS) is 1. The number of methoxy groups -OCH3 is 1. The number of fused-ring (bicyclic) bond motifs is 1. The summed E-state index contributed by atoms with van der Waals surface area (Å²) in [5, 5.41) is 20.3. The summed E-state index contributed by atoms with van der Waals surface area (Å²) < 4.78 is 21.0. The molecule has 0 fully saturated rings. The van der Waals surface area contributed by atoms with Crippen molar-refractivity contribution in [1.82, 2.24) is 29.6 Å².